The maximum Gasteiger partial charge on any atom is 0.252 e. The number of hydrogen-bond acceptors (Lipinski definition) is 5. The molecule has 3 rings (SSSR count). The second kappa shape index (κ2) is 6.27. The van der Waals surface area contributed by atoms with Gasteiger partial charge in [-0.05, 0) is 18.4 Å². The molecular weight excluding hydrogens is 282 g/mol. The van der Waals surface area contributed by atoms with Crippen LogP contribution in [0.3, 0.4) is 0 Å². The lowest BCUT2D eigenvalue weighted by Crippen LogP contribution is -2.36. The molecule has 1 N–H and O–H groups in total. The topological polar surface area (TPSA) is 77.2 Å². The number of benzene rings is 1. The second-order valence-corrected chi connectivity index (χ2v) is 5.49. The first kappa shape index (κ1) is 14.7. The Balaban J connectivity index is 1.52. The highest BCUT2D eigenvalue weighted by Gasteiger charge is 2.50. The van der Waals surface area contributed by atoms with E-state index in [0.717, 1.165) is 18.4 Å². The molecule has 0 unspecified atom stereocenters. The van der Waals surface area contributed by atoms with Gasteiger partial charge in [0, 0.05) is 20.1 Å². The monoisotopic (exact) mass is 301 g/mol. The maximum atomic E-state index is 12.4. The molecule has 1 saturated carbocycles. The smallest absolute Gasteiger partial charge is 0.252 e. The molecule has 116 valence electrons. The molecule has 1 amide bonds. The molecule has 1 aromatic carbocycles. The number of nitrogens with zero attached hydrogens (tertiary/aromatic N) is 2. The Kier molecular flexibility index (Phi) is 4.20. The lowest BCUT2D eigenvalue weighted by atomic mass is 9.95. The summed E-state index contributed by atoms with van der Waals surface area (Å²) in [6.07, 6.45) is 2.36. The molecule has 0 saturated heterocycles. The average Bonchev–Trinajstić information content (AvgIpc) is 3.25. The average molecular weight is 301 g/mol. The van der Waals surface area contributed by atoms with Crippen molar-refractivity contribution in [2.24, 2.45) is 0 Å². The van der Waals surface area contributed by atoms with Crippen LogP contribution in [-0.2, 0) is 28.0 Å². The predicted octanol–water partition coefficient (Wildman–Crippen LogP) is 1.61. The van der Waals surface area contributed by atoms with Crippen LogP contribution < -0.4 is 5.32 Å². The lowest BCUT2D eigenvalue weighted by Gasteiger charge is -2.15. The third kappa shape index (κ3) is 3.01. The molecule has 6 heteroatoms. The van der Waals surface area contributed by atoms with E-state index >= 15 is 0 Å². The normalized spacial score (nSPS) is 15.5. The molecule has 1 aromatic heterocycles. The van der Waals surface area contributed by atoms with Crippen molar-refractivity contribution in [2.45, 2.75) is 31.3 Å². The van der Waals surface area contributed by atoms with Gasteiger partial charge in [-0.25, -0.2) is 0 Å². The number of nitrogens with one attached hydrogen (secondary N) is 1. The first-order valence-corrected chi connectivity index (χ1v) is 7.39. The lowest BCUT2D eigenvalue weighted by molar-refractivity contribution is -0.123. The van der Waals surface area contributed by atoms with Gasteiger partial charge < -0.3 is 14.6 Å². The third-order valence-electron chi connectivity index (χ3n) is 3.92. The predicted molar refractivity (Wildman–Crippen MR) is 79.1 cm³/mol. The number of methoxy groups -OCH3 is 1. The van der Waals surface area contributed by atoms with Crippen molar-refractivity contribution < 1.29 is 14.1 Å². The molecule has 1 heterocycles. The highest BCUT2D eigenvalue weighted by molar-refractivity contribution is 5.91. The summed E-state index contributed by atoms with van der Waals surface area (Å²) in [5, 5.41) is 6.83. The van der Waals surface area contributed by atoms with E-state index in [2.05, 4.69) is 15.5 Å². The van der Waals surface area contributed by atoms with Gasteiger partial charge in [0.2, 0.25) is 5.91 Å². The number of amides is 1. The standard InChI is InChI=1S/C16H19N3O3/c1-21-11-14-18-13(19-22-14)7-10-17-15(20)16(8-9-16)12-5-3-2-4-6-12/h2-6H,7-11H2,1H3,(H,17,20). The van der Waals surface area contributed by atoms with E-state index in [1.807, 2.05) is 30.3 Å². The Morgan fingerprint density at radius 3 is 2.82 bits per heavy atom. The van der Waals surface area contributed by atoms with Gasteiger partial charge in [-0.3, -0.25) is 4.79 Å². The number of carbonyl (C=O) groups is 1. The molecule has 22 heavy (non-hydrogen) atoms. The highest BCUT2D eigenvalue weighted by atomic mass is 16.5. The molecule has 0 radical (unpaired) electrons. The Morgan fingerprint density at radius 2 is 2.14 bits per heavy atom. The van der Waals surface area contributed by atoms with Crippen molar-refractivity contribution >= 4 is 5.91 Å². The zero-order valence-corrected chi connectivity index (χ0v) is 12.5. The van der Waals surface area contributed by atoms with E-state index in [-0.39, 0.29) is 11.3 Å². The maximum absolute atomic E-state index is 12.4. The van der Waals surface area contributed by atoms with Crippen LogP contribution in [0.15, 0.2) is 34.9 Å². The van der Waals surface area contributed by atoms with Crippen LogP contribution in [0.4, 0.5) is 0 Å². The summed E-state index contributed by atoms with van der Waals surface area (Å²) >= 11 is 0. The minimum atomic E-state index is -0.334. The summed E-state index contributed by atoms with van der Waals surface area (Å²) in [7, 11) is 1.57. The molecule has 2 aromatic rings. The largest absolute Gasteiger partial charge is 0.375 e. The molecule has 1 aliphatic carbocycles. The van der Waals surface area contributed by atoms with Crippen molar-refractivity contribution in [1.82, 2.24) is 15.5 Å². The quantitative estimate of drug-likeness (QED) is 0.840. The van der Waals surface area contributed by atoms with Gasteiger partial charge in [0.25, 0.3) is 5.89 Å². The van der Waals surface area contributed by atoms with Gasteiger partial charge in [0.15, 0.2) is 5.82 Å². The number of ether oxygens (including phenoxy) is 1. The van der Waals surface area contributed by atoms with E-state index in [4.69, 9.17) is 9.26 Å². The van der Waals surface area contributed by atoms with Gasteiger partial charge in [-0.2, -0.15) is 4.98 Å². The summed E-state index contributed by atoms with van der Waals surface area (Å²) in [4.78, 5) is 16.6. The number of carbonyl (C=O) groups excluding carboxylic acids is 1. The first-order valence-electron chi connectivity index (χ1n) is 7.39. The van der Waals surface area contributed by atoms with Crippen molar-refractivity contribution in [1.29, 1.82) is 0 Å². The zero-order chi connectivity index (χ0) is 15.4. The van der Waals surface area contributed by atoms with Crippen LogP contribution in [0.25, 0.3) is 0 Å². The van der Waals surface area contributed by atoms with Gasteiger partial charge >= 0.3 is 0 Å². The van der Waals surface area contributed by atoms with Crippen LogP contribution in [0.5, 0.6) is 0 Å². The van der Waals surface area contributed by atoms with E-state index in [1.54, 1.807) is 7.11 Å². The van der Waals surface area contributed by atoms with Crippen LogP contribution in [0.1, 0.15) is 30.1 Å². The molecule has 1 fully saturated rings. The van der Waals surface area contributed by atoms with Gasteiger partial charge in [-0.15, -0.1) is 0 Å². The van der Waals surface area contributed by atoms with E-state index < -0.39 is 0 Å². The fourth-order valence-corrected chi connectivity index (χ4v) is 2.56. The fraction of sp³-hybridized carbons (Fsp3) is 0.438. The second-order valence-electron chi connectivity index (χ2n) is 5.49. The Labute approximate surface area is 128 Å². The van der Waals surface area contributed by atoms with Crippen LogP contribution in [-0.4, -0.2) is 29.7 Å². The van der Waals surface area contributed by atoms with E-state index in [1.165, 1.54) is 0 Å². The number of hydrogen-bond donors (Lipinski definition) is 1. The Morgan fingerprint density at radius 1 is 1.36 bits per heavy atom. The molecule has 6 nitrogen and oxygen atoms in total. The van der Waals surface area contributed by atoms with Gasteiger partial charge in [-0.1, -0.05) is 35.5 Å². The van der Waals surface area contributed by atoms with Gasteiger partial charge in [0.1, 0.15) is 6.61 Å². The van der Waals surface area contributed by atoms with E-state index in [0.29, 0.717) is 31.3 Å². The molecule has 0 bridgehead atoms. The molecule has 0 spiro atoms. The van der Waals surface area contributed by atoms with Crippen molar-refractivity contribution in [3.05, 3.63) is 47.6 Å². The summed E-state index contributed by atoms with van der Waals surface area (Å²) in [5.74, 6) is 1.11. The third-order valence-corrected chi connectivity index (χ3v) is 3.92. The Bertz CT molecular complexity index is 635. The Hall–Kier alpha value is -2.21. The fourth-order valence-electron chi connectivity index (χ4n) is 2.56. The van der Waals surface area contributed by atoms with Crippen LogP contribution in [0.2, 0.25) is 0 Å². The number of aromatic nitrogens is 2. The molecule has 0 atom stereocenters. The summed E-state index contributed by atoms with van der Waals surface area (Å²) in [6, 6.07) is 9.94. The summed E-state index contributed by atoms with van der Waals surface area (Å²) < 4.78 is 9.93. The zero-order valence-electron chi connectivity index (χ0n) is 12.5. The number of rotatable bonds is 7. The summed E-state index contributed by atoms with van der Waals surface area (Å²) in [5.41, 5.74) is 0.758. The van der Waals surface area contributed by atoms with Gasteiger partial charge in [0.05, 0.1) is 5.41 Å². The molecule has 1 aliphatic rings. The minimum absolute atomic E-state index is 0.0827. The minimum Gasteiger partial charge on any atom is -0.375 e. The molecular formula is C16H19N3O3. The van der Waals surface area contributed by atoms with Crippen LogP contribution >= 0.6 is 0 Å². The first-order chi connectivity index (χ1) is 10.7. The van der Waals surface area contributed by atoms with E-state index in [9.17, 15) is 4.79 Å². The SMILES string of the molecule is COCc1nc(CCNC(=O)C2(c3ccccc3)CC2)no1. The highest BCUT2D eigenvalue weighted by Crippen LogP contribution is 2.48. The van der Waals surface area contributed by atoms with Crippen molar-refractivity contribution in [3.63, 3.8) is 0 Å². The van der Waals surface area contributed by atoms with Crippen molar-refractivity contribution in [3.8, 4) is 0 Å². The van der Waals surface area contributed by atoms with Crippen molar-refractivity contribution in [2.75, 3.05) is 13.7 Å². The summed E-state index contributed by atoms with van der Waals surface area (Å²) in [6.45, 7) is 0.801. The molecule has 0 aliphatic heterocycles. The van der Waals surface area contributed by atoms with Crippen LogP contribution in [0, 0.1) is 0 Å².